The third kappa shape index (κ3) is 5.59. The number of hydrogen-bond donors (Lipinski definition) is 2. The van der Waals surface area contributed by atoms with Crippen LogP contribution in [-0.2, 0) is 20.9 Å². The highest BCUT2D eigenvalue weighted by Gasteiger charge is 2.62. The second-order valence-corrected chi connectivity index (χ2v) is 12.8. The van der Waals surface area contributed by atoms with Gasteiger partial charge in [-0.2, -0.15) is 0 Å². The molecule has 42 heavy (non-hydrogen) atoms. The molecule has 0 heterocycles. The summed E-state index contributed by atoms with van der Waals surface area (Å²) < 4.78 is 4.78. The van der Waals surface area contributed by atoms with E-state index in [-0.39, 0.29) is 23.7 Å². The summed E-state index contributed by atoms with van der Waals surface area (Å²) in [5.41, 5.74) is 2.98. The van der Waals surface area contributed by atoms with E-state index in [2.05, 4.69) is 59.2 Å². The molecule has 4 saturated carbocycles. The summed E-state index contributed by atoms with van der Waals surface area (Å²) in [5, 5.41) is 6.52. The fourth-order valence-corrected chi connectivity index (χ4v) is 8.45. The molecule has 7 rings (SSSR count). The van der Waals surface area contributed by atoms with E-state index in [4.69, 9.17) is 4.74 Å². The third-order valence-electron chi connectivity index (χ3n) is 9.97. The monoisotopic (exact) mass is 564 g/mol. The molecule has 3 aromatic carbocycles. The van der Waals surface area contributed by atoms with E-state index in [9.17, 15) is 14.4 Å². The molecule has 0 aliphatic heterocycles. The standard InChI is InChI=1S/C36H40N2O4/c1-42-32(39)30-14-12-25(13-15-30)23-38-34(41)36-21-26-18-27(22-36)20-35(19-26,24-36)33(40)37-17-16-31(28-8-4-2-5-9-28)29-10-6-3-7-11-29/h2-15,26-27,31H,16-24H2,1H3,(H,37,40)(H,38,41). The normalized spacial score (nSPS) is 25.7. The van der Waals surface area contributed by atoms with Crippen LogP contribution in [0.25, 0.3) is 0 Å². The van der Waals surface area contributed by atoms with Crippen molar-refractivity contribution >= 4 is 17.8 Å². The summed E-state index contributed by atoms with van der Waals surface area (Å²) >= 11 is 0. The third-order valence-corrected chi connectivity index (χ3v) is 9.97. The Morgan fingerprint density at radius 3 is 1.81 bits per heavy atom. The van der Waals surface area contributed by atoms with Gasteiger partial charge >= 0.3 is 5.97 Å². The van der Waals surface area contributed by atoms with Crippen LogP contribution < -0.4 is 10.6 Å². The van der Waals surface area contributed by atoms with Crippen LogP contribution in [0.1, 0.15) is 77.9 Å². The minimum absolute atomic E-state index is 0.0686. The first-order valence-corrected chi connectivity index (χ1v) is 15.2. The highest BCUT2D eigenvalue weighted by atomic mass is 16.5. The van der Waals surface area contributed by atoms with Crippen LogP contribution in [-0.4, -0.2) is 31.4 Å². The smallest absolute Gasteiger partial charge is 0.337 e. The van der Waals surface area contributed by atoms with Crippen molar-refractivity contribution in [2.75, 3.05) is 13.7 Å². The zero-order valence-corrected chi connectivity index (χ0v) is 24.3. The maximum absolute atomic E-state index is 13.9. The van der Waals surface area contributed by atoms with Crippen molar-refractivity contribution in [2.45, 2.75) is 57.4 Å². The van der Waals surface area contributed by atoms with E-state index in [1.807, 2.05) is 24.3 Å². The first-order chi connectivity index (χ1) is 20.4. The Kier molecular flexibility index (Phi) is 7.89. The van der Waals surface area contributed by atoms with Crippen molar-refractivity contribution in [2.24, 2.45) is 22.7 Å². The average Bonchev–Trinajstić information content (AvgIpc) is 3.02. The van der Waals surface area contributed by atoms with E-state index >= 15 is 0 Å². The number of nitrogens with one attached hydrogen (secondary N) is 2. The van der Waals surface area contributed by atoms with E-state index in [1.54, 1.807) is 12.1 Å². The Morgan fingerprint density at radius 1 is 0.762 bits per heavy atom. The van der Waals surface area contributed by atoms with Gasteiger partial charge in [-0.05, 0) is 85.6 Å². The summed E-state index contributed by atoms with van der Waals surface area (Å²) in [4.78, 5) is 39.4. The number of carbonyl (C=O) groups is 3. The lowest BCUT2D eigenvalue weighted by molar-refractivity contribution is -0.167. The molecule has 6 heteroatoms. The van der Waals surface area contributed by atoms with Gasteiger partial charge in [0.2, 0.25) is 11.8 Å². The fourth-order valence-electron chi connectivity index (χ4n) is 8.45. The number of esters is 1. The van der Waals surface area contributed by atoms with Gasteiger partial charge in [-0.25, -0.2) is 4.79 Å². The number of benzene rings is 3. The summed E-state index contributed by atoms with van der Waals surface area (Å²) in [6.45, 7) is 1.00. The second-order valence-electron chi connectivity index (χ2n) is 12.8. The maximum Gasteiger partial charge on any atom is 0.337 e. The molecule has 218 valence electrons. The summed E-state index contributed by atoms with van der Waals surface area (Å²) in [5.74, 6) is 0.874. The molecule has 2 unspecified atom stereocenters. The molecule has 4 aliphatic carbocycles. The predicted molar refractivity (Wildman–Crippen MR) is 162 cm³/mol. The molecule has 0 radical (unpaired) electrons. The Labute approximate surface area is 248 Å². The molecule has 0 aromatic heterocycles. The quantitative estimate of drug-likeness (QED) is 0.295. The fraction of sp³-hybridized carbons (Fsp3) is 0.417. The first-order valence-electron chi connectivity index (χ1n) is 15.2. The molecule has 3 aromatic rings. The van der Waals surface area contributed by atoms with Gasteiger partial charge in [-0.3, -0.25) is 9.59 Å². The van der Waals surface area contributed by atoms with Crippen LogP contribution in [0.2, 0.25) is 0 Å². The summed E-state index contributed by atoms with van der Waals surface area (Å²) in [6, 6.07) is 28.1. The number of rotatable bonds is 10. The predicted octanol–water partition coefficient (Wildman–Crippen LogP) is 6.01. The van der Waals surface area contributed by atoms with Crippen molar-refractivity contribution in [3.63, 3.8) is 0 Å². The van der Waals surface area contributed by atoms with E-state index in [1.165, 1.54) is 18.2 Å². The summed E-state index contributed by atoms with van der Waals surface area (Å²) in [6.07, 6.45) is 6.10. The van der Waals surface area contributed by atoms with Crippen LogP contribution in [0, 0.1) is 22.7 Å². The van der Waals surface area contributed by atoms with Crippen LogP contribution in [0.3, 0.4) is 0 Å². The minimum atomic E-state index is -0.482. The van der Waals surface area contributed by atoms with Crippen LogP contribution >= 0.6 is 0 Å². The number of carbonyl (C=O) groups excluding carboxylic acids is 3. The lowest BCUT2D eigenvalue weighted by Gasteiger charge is -2.60. The zero-order valence-electron chi connectivity index (χ0n) is 24.3. The van der Waals surface area contributed by atoms with Crippen molar-refractivity contribution in [3.8, 4) is 0 Å². The van der Waals surface area contributed by atoms with Gasteiger partial charge in [0.1, 0.15) is 0 Å². The molecule has 0 spiro atoms. The lowest BCUT2D eigenvalue weighted by atomic mass is 9.43. The van der Waals surface area contributed by atoms with Crippen LogP contribution in [0.15, 0.2) is 84.9 Å². The van der Waals surface area contributed by atoms with Crippen LogP contribution in [0.4, 0.5) is 0 Å². The molecule has 6 nitrogen and oxygen atoms in total. The molecule has 0 saturated heterocycles. The van der Waals surface area contributed by atoms with Crippen molar-refractivity contribution in [1.82, 2.24) is 10.6 Å². The van der Waals surface area contributed by atoms with Gasteiger partial charge in [0.15, 0.2) is 0 Å². The van der Waals surface area contributed by atoms with E-state index in [0.717, 1.165) is 44.1 Å². The molecule has 2 amide bonds. The number of ether oxygens (including phenoxy) is 1. The zero-order chi connectivity index (χ0) is 29.2. The highest BCUT2D eigenvalue weighted by molar-refractivity contribution is 5.89. The molecule has 4 aliphatic rings. The first kappa shape index (κ1) is 28.2. The largest absolute Gasteiger partial charge is 0.465 e. The highest BCUT2D eigenvalue weighted by Crippen LogP contribution is 2.65. The Bertz CT molecular complexity index is 1370. The van der Waals surface area contributed by atoms with Gasteiger partial charge in [0, 0.05) is 19.0 Å². The second kappa shape index (κ2) is 11.7. The molecular weight excluding hydrogens is 524 g/mol. The Morgan fingerprint density at radius 2 is 1.29 bits per heavy atom. The lowest BCUT2D eigenvalue weighted by Crippen LogP contribution is -2.61. The van der Waals surface area contributed by atoms with E-state index < -0.39 is 10.8 Å². The van der Waals surface area contributed by atoms with Gasteiger partial charge in [-0.15, -0.1) is 0 Å². The number of amides is 2. The Balaban J connectivity index is 1.11. The molecule has 4 fully saturated rings. The maximum atomic E-state index is 13.9. The number of hydrogen-bond acceptors (Lipinski definition) is 4. The molecular formula is C36H40N2O4. The molecule has 2 atom stereocenters. The van der Waals surface area contributed by atoms with Gasteiger partial charge < -0.3 is 15.4 Å². The van der Waals surface area contributed by atoms with Gasteiger partial charge in [-0.1, -0.05) is 72.8 Å². The minimum Gasteiger partial charge on any atom is -0.465 e. The topological polar surface area (TPSA) is 84.5 Å². The Hall–Kier alpha value is -3.93. The SMILES string of the molecule is COC(=O)c1ccc(CNC(=O)C23CC4CC(CC(C(=O)NCCC(c5ccccc5)c5ccccc5)(C4)C2)C3)cc1. The average molecular weight is 565 g/mol. The van der Waals surface area contributed by atoms with Crippen molar-refractivity contribution < 1.29 is 19.1 Å². The summed E-state index contributed by atoms with van der Waals surface area (Å²) in [7, 11) is 1.36. The number of methoxy groups -OCH3 is 1. The van der Waals surface area contributed by atoms with Crippen molar-refractivity contribution in [3.05, 3.63) is 107 Å². The molecule has 4 bridgehead atoms. The van der Waals surface area contributed by atoms with Crippen LogP contribution in [0.5, 0.6) is 0 Å². The van der Waals surface area contributed by atoms with Gasteiger partial charge in [0.05, 0.1) is 23.5 Å². The van der Waals surface area contributed by atoms with E-state index in [0.29, 0.717) is 36.9 Å². The van der Waals surface area contributed by atoms with Crippen molar-refractivity contribution in [1.29, 1.82) is 0 Å². The molecule has 2 N–H and O–H groups in total. The van der Waals surface area contributed by atoms with Gasteiger partial charge in [0.25, 0.3) is 0 Å².